The van der Waals surface area contributed by atoms with Crippen LogP contribution in [-0.2, 0) is 37.5 Å². The fourth-order valence-electron chi connectivity index (χ4n) is 5.27. The summed E-state index contributed by atoms with van der Waals surface area (Å²) in [5, 5.41) is 8.86. The van der Waals surface area contributed by atoms with E-state index in [-0.39, 0.29) is 19.4 Å². The largest absolute Gasteiger partial charge is 0.480 e. The van der Waals surface area contributed by atoms with Crippen molar-refractivity contribution in [3.05, 3.63) is 24.3 Å². The molecule has 0 aliphatic carbocycles. The van der Waals surface area contributed by atoms with Crippen LogP contribution in [0.4, 0.5) is 0 Å². The summed E-state index contributed by atoms with van der Waals surface area (Å²) in [6.45, 7) is 2.75. The van der Waals surface area contributed by atoms with E-state index in [1.165, 1.54) is 70.6 Å². The fraction of sp³-hybridized carbons (Fsp3) is 0.821. The van der Waals surface area contributed by atoms with Crippen molar-refractivity contribution in [2.75, 3.05) is 19.8 Å². The zero-order valence-electron chi connectivity index (χ0n) is 31.9. The van der Waals surface area contributed by atoms with Crippen LogP contribution in [0.2, 0.25) is 0 Å². The van der Waals surface area contributed by atoms with Gasteiger partial charge in [0.2, 0.25) is 0 Å². The molecule has 0 saturated carbocycles. The van der Waals surface area contributed by atoms with E-state index >= 15 is 0 Å². The van der Waals surface area contributed by atoms with Gasteiger partial charge >= 0.3 is 25.7 Å². The molecule has 51 heavy (non-hydrogen) atoms. The Hall–Kier alpha value is -2.04. The minimum absolute atomic E-state index is 0.161. The number of allylic oxidation sites excluding steroid dienone is 4. The van der Waals surface area contributed by atoms with Crippen molar-refractivity contribution < 1.29 is 47.5 Å². The monoisotopic (exact) mass is 745 g/mol. The first-order chi connectivity index (χ1) is 24.6. The van der Waals surface area contributed by atoms with Gasteiger partial charge in [0.05, 0.1) is 13.2 Å². The molecule has 12 heteroatoms. The van der Waals surface area contributed by atoms with E-state index < -0.39 is 51.1 Å². The molecule has 0 aromatic rings. The molecule has 11 nitrogen and oxygen atoms in total. The second-order valence-electron chi connectivity index (χ2n) is 13.4. The van der Waals surface area contributed by atoms with Crippen molar-refractivity contribution in [2.45, 2.75) is 187 Å². The Morgan fingerprint density at radius 2 is 1.04 bits per heavy atom. The lowest BCUT2D eigenvalue weighted by atomic mass is 10.0. The lowest BCUT2D eigenvalue weighted by molar-refractivity contribution is -0.161. The number of phosphoric ester groups is 1. The predicted molar refractivity (Wildman–Crippen MR) is 203 cm³/mol. The zero-order valence-corrected chi connectivity index (χ0v) is 32.8. The minimum Gasteiger partial charge on any atom is -0.480 e. The number of ether oxygens (including phenoxy) is 2. The average molecular weight is 746 g/mol. The number of unbranched alkanes of at least 4 members (excludes halogenated alkanes) is 19. The summed E-state index contributed by atoms with van der Waals surface area (Å²) in [5.74, 6) is -2.39. The lowest BCUT2D eigenvalue weighted by Crippen LogP contribution is -2.34. The van der Waals surface area contributed by atoms with Gasteiger partial charge < -0.3 is 25.2 Å². The molecule has 0 fully saturated rings. The Morgan fingerprint density at radius 3 is 1.57 bits per heavy atom. The molecule has 0 saturated heterocycles. The third kappa shape index (κ3) is 34.8. The van der Waals surface area contributed by atoms with Gasteiger partial charge in [-0.3, -0.25) is 23.4 Å². The molecule has 298 valence electrons. The molecule has 0 aromatic heterocycles. The topological polar surface area (TPSA) is 172 Å². The fourth-order valence-corrected chi connectivity index (χ4v) is 6.05. The highest BCUT2D eigenvalue weighted by Crippen LogP contribution is 2.43. The van der Waals surface area contributed by atoms with Gasteiger partial charge in [-0.1, -0.05) is 141 Å². The van der Waals surface area contributed by atoms with Crippen LogP contribution < -0.4 is 5.73 Å². The molecular weight excluding hydrogens is 673 g/mol. The molecule has 0 aliphatic heterocycles. The Kier molecular flexibility index (Phi) is 33.6. The van der Waals surface area contributed by atoms with Gasteiger partial charge in [0.25, 0.3) is 0 Å². The number of aliphatic carboxylic acids is 1. The SMILES string of the molecule is CCCCC/C=C\C/C=C\CCCCCCCC(=O)OC[C@H](COP(=O)(O)OC[C@H](N)C(=O)O)OC(=O)CCCCCCCCCCCCCC. The maximum Gasteiger partial charge on any atom is 0.472 e. The lowest BCUT2D eigenvalue weighted by Gasteiger charge is -2.20. The van der Waals surface area contributed by atoms with Crippen LogP contribution in [0.25, 0.3) is 0 Å². The molecule has 4 N–H and O–H groups in total. The maximum absolute atomic E-state index is 12.6. The summed E-state index contributed by atoms with van der Waals surface area (Å²) in [7, 11) is -4.71. The third-order valence-corrected chi connectivity index (χ3v) is 9.40. The van der Waals surface area contributed by atoms with Gasteiger partial charge in [0.15, 0.2) is 6.10 Å². The van der Waals surface area contributed by atoms with Crippen LogP contribution in [0.5, 0.6) is 0 Å². The normalized spacial score (nSPS) is 14.1. The number of rotatable bonds is 37. The summed E-state index contributed by atoms with van der Waals surface area (Å²) in [4.78, 5) is 45.8. The smallest absolute Gasteiger partial charge is 0.472 e. The molecule has 0 heterocycles. The Morgan fingerprint density at radius 1 is 0.608 bits per heavy atom. The molecule has 0 rings (SSSR count). The molecule has 0 amide bonds. The molecule has 0 aliphatic rings. The number of hydrogen-bond donors (Lipinski definition) is 3. The number of hydrogen-bond acceptors (Lipinski definition) is 9. The highest BCUT2D eigenvalue weighted by Gasteiger charge is 2.28. The predicted octanol–water partition coefficient (Wildman–Crippen LogP) is 9.89. The number of phosphoric acid groups is 1. The van der Waals surface area contributed by atoms with Crippen molar-refractivity contribution in [3.8, 4) is 0 Å². The van der Waals surface area contributed by atoms with Crippen LogP contribution in [0.3, 0.4) is 0 Å². The summed E-state index contributed by atoms with van der Waals surface area (Å²) in [6.07, 6.45) is 33.8. The number of carbonyl (C=O) groups is 3. The highest BCUT2D eigenvalue weighted by atomic mass is 31.2. The number of nitrogens with two attached hydrogens (primary N) is 1. The zero-order chi connectivity index (χ0) is 37.8. The van der Waals surface area contributed by atoms with E-state index in [0.717, 1.165) is 64.2 Å². The van der Waals surface area contributed by atoms with Gasteiger partial charge in [-0.2, -0.15) is 0 Å². The van der Waals surface area contributed by atoms with Crippen molar-refractivity contribution in [1.82, 2.24) is 0 Å². The van der Waals surface area contributed by atoms with Crippen LogP contribution in [0, 0.1) is 0 Å². The number of esters is 2. The molecule has 0 aromatic carbocycles. The number of carbonyl (C=O) groups excluding carboxylic acids is 2. The summed E-state index contributed by atoms with van der Waals surface area (Å²) >= 11 is 0. The molecule has 3 atom stereocenters. The summed E-state index contributed by atoms with van der Waals surface area (Å²) in [6, 6.07) is -1.52. The molecule has 0 bridgehead atoms. The summed E-state index contributed by atoms with van der Waals surface area (Å²) < 4.78 is 32.6. The Labute approximate surface area is 309 Å². The van der Waals surface area contributed by atoms with E-state index in [9.17, 15) is 23.8 Å². The highest BCUT2D eigenvalue weighted by molar-refractivity contribution is 7.47. The summed E-state index contributed by atoms with van der Waals surface area (Å²) in [5.41, 5.74) is 5.32. The van der Waals surface area contributed by atoms with Crippen LogP contribution >= 0.6 is 7.82 Å². The molecule has 1 unspecified atom stereocenters. The van der Waals surface area contributed by atoms with Gasteiger partial charge in [-0.15, -0.1) is 0 Å². The van der Waals surface area contributed by atoms with E-state index in [2.05, 4.69) is 42.7 Å². The van der Waals surface area contributed by atoms with E-state index in [0.29, 0.717) is 12.8 Å². The van der Waals surface area contributed by atoms with Crippen LogP contribution in [0.15, 0.2) is 24.3 Å². The van der Waals surface area contributed by atoms with Crippen molar-refractivity contribution in [3.63, 3.8) is 0 Å². The second-order valence-corrected chi connectivity index (χ2v) is 14.9. The van der Waals surface area contributed by atoms with Crippen molar-refractivity contribution in [1.29, 1.82) is 0 Å². The number of carboxylic acids is 1. The average Bonchev–Trinajstić information content (AvgIpc) is 3.10. The van der Waals surface area contributed by atoms with Crippen molar-refractivity contribution >= 4 is 25.7 Å². The first-order valence-electron chi connectivity index (χ1n) is 19.9. The molecular formula is C39H72NO10P. The van der Waals surface area contributed by atoms with Crippen molar-refractivity contribution in [2.24, 2.45) is 5.73 Å². The number of carboxylic acid groups (broad SMARTS) is 1. The third-order valence-electron chi connectivity index (χ3n) is 8.45. The van der Waals surface area contributed by atoms with E-state index in [1.807, 2.05) is 0 Å². The Bertz CT molecular complexity index is 974. The van der Waals surface area contributed by atoms with Gasteiger partial charge in [0, 0.05) is 12.8 Å². The first kappa shape index (κ1) is 49.0. The van der Waals surface area contributed by atoms with Gasteiger partial charge in [0.1, 0.15) is 12.6 Å². The quantitative estimate of drug-likeness (QED) is 0.0239. The van der Waals surface area contributed by atoms with E-state index in [4.69, 9.17) is 24.8 Å². The van der Waals surface area contributed by atoms with Gasteiger partial charge in [-0.05, 0) is 44.9 Å². The van der Waals surface area contributed by atoms with E-state index in [1.54, 1.807) is 0 Å². The standard InChI is InChI=1S/C39H72NO10P/c1-3-5-7-9-11-13-15-17-18-19-21-22-24-26-28-30-37(41)47-32-35(33-48-51(45,46)49-34-36(40)39(43)44)50-38(42)31-29-27-25-23-20-16-14-12-10-8-6-4-2/h11,13,17-18,35-36H,3-10,12,14-16,19-34,40H2,1-2H3,(H,43,44)(H,45,46)/b13-11-,18-17-/t35-,36+/m1/s1. The van der Waals surface area contributed by atoms with Crippen LogP contribution in [-0.4, -0.2) is 59.9 Å². The minimum atomic E-state index is -4.71. The van der Waals surface area contributed by atoms with Crippen LogP contribution in [0.1, 0.15) is 174 Å². The molecule has 0 spiro atoms. The molecule has 0 radical (unpaired) electrons. The second kappa shape index (κ2) is 35.0. The van der Waals surface area contributed by atoms with Gasteiger partial charge in [-0.25, -0.2) is 4.57 Å². The maximum atomic E-state index is 12.6. The first-order valence-corrected chi connectivity index (χ1v) is 21.4. The Balaban J connectivity index is 4.43.